The third-order valence-corrected chi connectivity index (χ3v) is 8.44. The molecule has 2 aromatic rings. The molecule has 5 aliphatic rings. The Labute approximate surface area is 184 Å². The maximum Gasteiger partial charge on any atom is 0.288 e. The lowest BCUT2D eigenvalue weighted by atomic mass is 9.49. The van der Waals surface area contributed by atoms with Gasteiger partial charge in [0, 0.05) is 38.1 Å². The molecule has 0 atom stereocenters. The largest absolute Gasteiger partial charge is 0.413 e. The van der Waals surface area contributed by atoms with Crippen LogP contribution in [-0.4, -0.2) is 45.8 Å². The molecule has 7 rings (SSSR count). The van der Waals surface area contributed by atoms with Crippen molar-refractivity contribution in [1.82, 2.24) is 19.6 Å². The number of hydrogen-bond acceptors (Lipinski definition) is 5. The van der Waals surface area contributed by atoms with Crippen LogP contribution in [0.5, 0.6) is 0 Å². The van der Waals surface area contributed by atoms with Crippen LogP contribution in [0.2, 0.25) is 0 Å². The van der Waals surface area contributed by atoms with Crippen molar-refractivity contribution < 1.29 is 4.42 Å². The Morgan fingerprint density at radius 1 is 0.900 bits per heavy atom. The van der Waals surface area contributed by atoms with E-state index in [1.807, 2.05) is 4.68 Å². The van der Waals surface area contributed by atoms with Crippen molar-refractivity contribution in [3.05, 3.63) is 46.6 Å². The normalized spacial score (nSPS) is 33.9. The average Bonchev–Trinajstić information content (AvgIpc) is 3.10. The van der Waals surface area contributed by atoms with Gasteiger partial charge < -0.3 is 4.42 Å². The maximum atomic E-state index is 6.17. The van der Waals surface area contributed by atoms with Gasteiger partial charge in [0.1, 0.15) is 0 Å². The smallest absolute Gasteiger partial charge is 0.288 e. The molecule has 5 nitrogen and oxygen atoms in total. The van der Waals surface area contributed by atoms with Crippen LogP contribution < -0.4 is 0 Å². The second-order valence-corrected chi connectivity index (χ2v) is 10.7. The van der Waals surface area contributed by atoms with E-state index in [1.165, 1.54) is 44.1 Å². The van der Waals surface area contributed by atoms with Crippen molar-refractivity contribution in [2.75, 3.05) is 26.2 Å². The van der Waals surface area contributed by atoms with Crippen molar-refractivity contribution in [3.63, 3.8) is 0 Å². The van der Waals surface area contributed by atoms with E-state index in [9.17, 15) is 0 Å². The zero-order valence-electron chi connectivity index (χ0n) is 17.7. The summed E-state index contributed by atoms with van der Waals surface area (Å²) in [5, 5.41) is 4.97. The van der Waals surface area contributed by atoms with E-state index in [4.69, 9.17) is 21.7 Å². The molecule has 6 heteroatoms. The topological polar surface area (TPSA) is 37.4 Å². The van der Waals surface area contributed by atoms with Gasteiger partial charge in [-0.3, -0.25) is 9.80 Å². The molecule has 30 heavy (non-hydrogen) atoms. The van der Waals surface area contributed by atoms with Gasteiger partial charge in [-0.25, -0.2) is 4.68 Å². The quantitative estimate of drug-likeness (QED) is 0.663. The van der Waals surface area contributed by atoms with Crippen molar-refractivity contribution in [2.24, 2.45) is 17.8 Å². The Morgan fingerprint density at radius 2 is 1.50 bits per heavy atom. The zero-order valence-corrected chi connectivity index (χ0v) is 18.5. The molecule has 0 unspecified atom stereocenters. The van der Waals surface area contributed by atoms with E-state index in [0.717, 1.165) is 63.0 Å². The van der Waals surface area contributed by atoms with Gasteiger partial charge in [0.2, 0.25) is 5.89 Å². The summed E-state index contributed by atoms with van der Waals surface area (Å²) in [6.45, 7) is 6.06. The average molecular weight is 425 g/mol. The highest BCUT2D eigenvalue weighted by Crippen LogP contribution is 2.60. The number of piperazine rings is 1. The van der Waals surface area contributed by atoms with Gasteiger partial charge in [-0.1, -0.05) is 30.3 Å². The minimum absolute atomic E-state index is 0.182. The molecule has 160 valence electrons. The Hall–Kier alpha value is -1.50. The van der Waals surface area contributed by atoms with Crippen LogP contribution in [0.3, 0.4) is 0 Å². The molecule has 0 amide bonds. The summed E-state index contributed by atoms with van der Waals surface area (Å²) in [5.41, 5.74) is 1.58. The van der Waals surface area contributed by atoms with Gasteiger partial charge in [0.15, 0.2) is 0 Å². The molecule has 1 aromatic heterocycles. The first-order valence-electron chi connectivity index (χ1n) is 11.7. The lowest BCUT2D eigenvalue weighted by Gasteiger charge is -2.55. The third-order valence-electron chi connectivity index (χ3n) is 8.15. The standard InChI is InChI=1S/C24H32N4OS/c30-23-28(17-27-8-6-26(7-9-27)16-18-4-2-1-3-5-18)25-22(29-23)24-13-19-10-20(14-24)12-21(11-19)15-24/h1-5,19-21H,6-17H2. The highest BCUT2D eigenvalue weighted by Gasteiger charge is 2.54. The van der Waals surface area contributed by atoms with E-state index >= 15 is 0 Å². The number of nitrogens with zero attached hydrogens (tertiary/aromatic N) is 4. The monoisotopic (exact) mass is 424 g/mol. The van der Waals surface area contributed by atoms with Crippen LogP contribution >= 0.6 is 12.2 Å². The number of aromatic nitrogens is 2. The third kappa shape index (κ3) is 3.57. The van der Waals surface area contributed by atoms with Crippen LogP contribution in [-0.2, 0) is 18.6 Å². The number of benzene rings is 1. The molecular weight excluding hydrogens is 392 g/mol. The first-order valence-corrected chi connectivity index (χ1v) is 12.1. The number of hydrogen-bond donors (Lipinski definition) is 0. The van der Waals surface area contributed by atoms with Crippen LogP contribution in [0.15, 0.2) is 34.7 Å². The number of rotatable bonds is 5. The summed E-state index contributed by atoms with van der Waals surface area (Å²) in [6, 6.07) is 10.8. The zero-order chi connectivity index (χ0) is 20.1. The lowest BCUT2D eigenvalue weighted by Crippen LogP contribution is -2.49. The molecule has 0 spiro atoms. The van der Waals surface area contributed by atoms with E-state index < -0.39 is 0 Å². The first kappa shape index (κ1) is 19.2. The van der Waals surface area contributed by atoms with Gasteiger partial charge in [0.05, 0.1) is 6.67 Å². The van der Waals surface area contributed by atoms with Crippen molar-refractivity contribution in [2.45, 2.75) is 57.2 Å². The maximum absolute atomic E-state index is 6.17. The molecule has 0 radical (unpaired) electrons. The second kappa shape index (κ2) is 7.57. The summed E-state index contributed by atoms with van der Waals surface area (Å²) in [6.07, 6.45) is 8.13. The van der Waals surface area contributed by atoms with Gasteiger partial charge in [-0.2, -0.15) is 0 Å². The molecule has 5 fully saturated rings. The molecular formula is C24H32N4OS. The molecule has 0 N–H and O–H groups in total. The fourth-order valence-corrected chi connectivity index (χ4v) is 7.28. The van der Waals surface area contributed by atoms with Crippen molar-refractivity contribution in [3.8, 4) is 0 Å². The van der Waals surface area contributed by atoms with Gasteiger partial charge in [0.25, 0.3) is 4.84 Å². The molecule has 1 aliphatic heterocycles. The Morgan fingerprint density at radius 3 is 2.13 bits per heavy atom. The minimum Gasteiger partial charge on any atom is -0.413 e. The highest BCUT2D eigenvalue weighted by molar-refractivity contribution is 7.71. The predicted molar refractivity (Wildman–Crippen MR) is 118 cm³/mol. The predicted octanol–water partition coefficient (Wildman–Crippen LogP) is 4.45. The Balaban J connectivity index is 1.10. The molecule has 2 heterocycles. The van der Waals surface area contributed by atoms with Crippen molar-refractivity contribution in [1.29, 1.82) is 0 Å². The Bertz CT molecular complexity index is 908. The van der Waals surface area contributed by atoms with Crippen LogP contribution in [0.1, 0.15) is 50.0 Å². The lowest BCUT2D eigenvalue weighted by molar-refractivity contribution is -0.0181. The van der Waals surface area contributed by atoms with Gasteiger partial charge >= 0.3 is 0 Å². The highest BCUT2D eigenvalue weighted by atomic mass is 32.1. The fourth-order valence-electron chi connectivity index (χ4n) is 7.10. The second-order valence-electron chi connectivity index (χ2n) is 10.4. The fraction of sp³-hybridized carbons (Fsp3) is 0.667. The molecule has 4 bridgehead atoms. The summed E-state index contributed by atoms with van der Waals surface area (Å²) in [5.74, 6) is 3.63. The molecule has 1 saturated heterocycles. The molecule has 1 aromatic carbocycles. The molecule has 4 saturated carbocycles. The van der Waals surface area contributed by atoms with E-state index in [0.29, 0.717) is 4.84 Å². The van der Waals surface area contributed by atoms with E-state index in [-0.39, 0.29) is 5.41 Å². The summed E-state index contributed by atoms with van der Waals surface area (Å²) in [7, 11) is 0. The van der Waals surface area contributed by atoms with Gasteiger partial charge in [-0.05, 0) is 74.1 Å². The SMILES string of the molecule is S=c1oc(C23CC4CC(CC(C4)C2)C3)nn1CN1CCN(Cc2ccccc2)CC1. The van der Waals surface area contributed by atoms with E-state index in [2.05, 4.69) is 40.1 Å². The van der Waals surface area contributed by atoms with Crippen molar-refractivity contribution >= 4 is 12.2 Å². The van der Waals surface area contributed by atoms with Crippen LogP contribution in [0, 0.1) is 22.6 Å². The van der Waals surface area contributed by atoms with E-state index in [1.54, 1.807) is 0 Å². The van der Waals surface area contributed by atoms with Crippen LogP contribution in [0.4, 0.5) is 0 Å². The summed E-state index contributed by atoms with van der Waals surface area (Å²) < 4.78 is 8.13. The molecule has 4 aliphatic carbocycles. The summed E-state index contributed by atoms with van der Waals surface area (Å²) >= 11 is 5.60. The van der Waals surface area contributed by atoms with Gasteiger partial charge in [-0.15, -0.1) is 5.10 Å². The first-order chi connectivity index (χ1) is 14.6. The Kier molecular flexibility index (Phi) is 4.85. The summed E-state index contributed by atoms with van der Waals surface area (Å²) in [4.78, 5) is 5.56. The minimum atomic E-state index is 0.182. The van der Waals surface area contributed by atoms with Crippen LogP contribution in [0.25, 0.3) is 0 Å².